The lowest BCUT2D eigenvalue weighted by Gasteiger charge is -2.25. The van der Waals surface area contributed by atoms with Crippen LogP contribution in [0.25, 0.3) is 0 Å². The molecular formula is C14H27B. The molecule has 0 atom stereocenters. The second kappa shape index (κ2) is 7.36. The maximum atomic E-state index is 6.30. The Labute approximate surface area is 97.6 Å². The van der Waals surface area contributed by atoms with E-state index in [1.807, 2.05) is 0 Å². The summed E-state index contributed by atoms with van der Waals surface area (Å²) in [5.74, 6) is 0. The van der Waals surface area contributed by atoms with Gasteiger partial charge in [-0.25, -0.2) is 0 Å². The van der Waals surface area contributed by atoms with Crippen molar-refractivity contribution < 1.29 is 0 Å². The molecule has 0 N–H and O–H groups in total. The molecule has 0 aliphatic heterocycles. The van der Waals surface area contributed by atoms with Crippen LogP contribution in [0.5, 0.6) is 0 Å². The van der Waals surface area contributed by atoms with Gasteiger partial charge in [0.1, 0.15) is 0 Å². The van der Waals surface area contributed by atoms with E-state index in [0.29, 0.717) is 0 Å². The van der Waals surface area contributed by atoms with Gasteiger partial charge in [-0.1, -0.05) is 89.3 Å². The maximum Gasteiger partial charge on any atom is 0.0742 e. The average Bonchev–Trinajstić information content (AvgIpc) is 2.20. The molecule has 0 heterocycles. The van der Waals surface area contributed by atoms with Gasteiger partial charge in [0, 0.05) is 0 Å². The summed E-state index contributed by atoms with van der Waals surface area (Å²) in [6.07, 6.45) is 16.6. The molecule has 0 amide bonds. The van der Waals surface area contributed by atoms with Crippen molar-refractivity contribution in [3.05, 3.63) is 0 Å². The Balaban J connectivity index is 2.24. The minimum Gasteiger partial charge on any atom is -0.0688 e. The second-order valence-electron chi connectivity index (χ2n) is 5.69. The van der Waals surface area contributed by atoms with Crippen LogP contribution < -0.4 is 0 Å². The first kappa shape index (κ1) is 13.1. The molecule has 0 saturated heterocycles. The summed E-state index contributed by atoms with van der Waals surface area (Å²) in [5, 5.41) is 0.119. The van der Waals surface area contributed by atoms with E-state index >= 15 is 0 Å². The van der Waals surface area contributed by atoms with Crippen LogP contribution >= 0.6 is 0 Å². The third-order valence-corrected chi connectivity index (χ3v) is 3.75. The SMILES string of the molecule is [B]C1(C)CCCCCCCCCCCC1. The monoisotopic (exact) mass is 206 g/mol. The topological polar surface area (TPSA) is 0 Å². The highest BCUT2D eigenvalue weighted by Crippen LogP contribution is 2.34. The van der Waals surface area contributed by atoms with Crippen molar-refractivity contribution in [2.24, 2.45) is 0 Å². The van der Waals surface area contributed by atoms with E-state index in [0.717, 1.165) is 0 Å². The predicted octanol–water partition coefficient (Wildman–Crippen LogP) is 5.03. The van der Waals surface area contributed by atoms with Crippen LogP contribution in [0.1, 0.15) is 84.0 Å². The summed E-state index contributed by atoms with van der Waals surface area (Å²) in [6, 6.07) is 0. The van der Waals surface area contributed by atoms with Crippen molar-refractivity contribution in [1.82, 2.24) is 0 Å². The molecule has 15 heavy (non-hydrogen) atoms. The van der Waals surface area contributed by atoms with Crippen LogP contribution in [0, 0.1) is 0 Å². The Morgan fingerprint density at radius 2 is 0.867 bits per heavy atom. The second-order valence-corrected chi connectivity index (χ2v) is 5.69. The van der Waals surface area contributed by atoms with E-state index in [2.05, 4.69) is 6.92 Å². The summed E-state index contributed by atoms with van der Waals surface area (Å²) in [6.45, 7) is 2.24. The highest BCUT2D eigenvalue weighted by molar-refractivity contribution is 6.14. The molecule has 0 bridgehead atoms. The maximum absolute atomic E-state index is 6.30. The minimum absolute atomic E-state index is 0.119. The molecule has 1 aliphatic rings. The highest BCUT2D eigenvalue weighted by Gasteiger charge is 2.16. The first-order valence-electron chi connectivity index (χ1n) is 7.00. The van der Waals surface area contributed by atoms with Crippen molar-refractivity contribution in [2.75, 3.05) is 0 Å². The van der Waals surface area contributed by atoms with Crippen LogP contribution in [0.4, 0.5) is 0 Å². The first-order chi connectivity index (χ1) is 7.21. The summed E-state index contributed by atoms with van der Waals surface area (Å²) < 4.78 is 0. The zero-order valence-electron chi connectivity index (χ0n) is 10.6. The normalized spacial score (nSPS) is 25.9. The van der Waals surface area contributed by atoms with Crippen LogP contribution in [0.3, 0.4) is 0 Å². The average molecular weight is 206 g/mol. The molecule has 1 heteroatoms. The van der Waals surface area contributed by atoms with Crippen LogP contribution in [0.2, 0.25) is 5.31 Å². The van der Waals surface area contributed by atoms with Crippen molar-refractivity contribution in [3.63, 3.8) is 0 Å². The number of hydrogen-bond acceptors (Lipinski definition) is 0. The van der Waals surface area contributed by atoms with E-state index in [9.17, 15) is 0 Å². The third-order valence-electron chi connectivity index (χ3n) is 3.75. The Kier molecular flexibility index (Phi) is 6.44. The predicted molar refractivity (Wildman–Crippen MR) is 69.5 cm³/mol. The lowest BCUT2D eigenvalue weighted by atomic mass is 9.64. The molecule has 0 aromatic rings. The van der Waals surface area contributed by atoms with Crippen molar-refractivity contribution in [1.29, 1.82) is 0 Å². The Bertz CT molecular complexity index is 135. The zero-order valence-corrected chi connectivity index (χ0v) is 10.6. The molecule has 0 aromatic heterocycles. The first-order valence-corrected chi connectivity index (χ1v) is 7.00. The fourth-order valence-corrected chi connectivity index (χ4v) is 2.60. The fraction of sp³-hybridized carbons (Fsp3) is 1.00. The smallest absolute Gasteiger partial charge is 0.0688 e. The van der Waals surface area contributed by atoms with E-state index in [1.54, 1.807) is 0 Å². The zero-order chi connectivity index (χ0) is 11.0. The van der Waals surface area contributed by atoms with Crippen molar-refractivity contribution in [3.8, 4) is 0 Å². The molecular weight excluding hydrogens is 179 g/mol. The lowest BCUT2D eigenvalue weighted by molar-refractivity contribution is 0.458. The molecule has 1 saturated carbocycles. The van der Waals surface area contributed by atoms with E-state index < -0.39 is 0 Å². The highest BCUT2D eigenvalue weighted by atomic mass is 14.2. The van der Waals surface area contributed by atoms with Crippen molar-refractivity contribution in [2.45, 2.75) is 89.3 Å². The van der Waals surface area contributed by atoms with Crippen LogP contribution in [0.15, 0.2) is 0 Å². The van der Waals surface area contributed by atoms with Gasteiger partial charge in [-0.3, -0.25) is 0 Å². The molecule has 1 aliphatic carbocycles. The molecule has 1 rings (SSSR count). The van der Waals surface area contributed by atoms with E-state index in [4.69, 9.17) is 7.85 Å². The fourth-order valence-electron chi connectivity index (χ4n) is 2.60. The summed E-state index contributed by atoms with van der Waals surface area (Å²) in [4.78, 5) is 0. The molecule has 0 unspecified atom stereocenters. The molecule has 86 valence electrons. The Hall–Kier alpha value is 0.0649. The van der Waals surface area contributed by atoms with Gasteiger partial charge in [0.05, 0.1) is 7.85 Å². The molecule has 0 nitrogen and oxygen atoms in total. The lowest BCUT2D eigenvalue weighted by Crippen LogP contribution is -2.08. The largest absolute Gasteiger partial charge is 0.0742 e. The van der Waals surface area contributed by atoms with Gasteiger partial charge in [0.2, 0.25) is 0 Å². The van der Waals surface area contributed by atoms with Gasteiger partial charge in [0.25, 0.3) is 0 Å². The van der Waals surface area contributed by atoms with Crippen molar-refractivity contribution >= 4 is 7.85 Å². The molecule has 2 radical (unpaired) electrons. The van der Waals surface area contributed by atoms with Gasteiger partial charge in [-0.05, 0) is 0 Å². The third kappa shape index (κ3) is 7.03. The summed E-state index contributed by atoms with van der Waals surface area (Å²) >= 11 is 0. The molecule has 1 fully saturated rings. The van der Waals surface area contributed by atoms with Crippen LogP contribution in [-0.4, -0.2) is 7.85 Å². The van der Waals surface area contributed by atoms with Gasteiger partial charge < -0.3 is 0 Å². The van der Waals surface area contributed by atoms with Gasteiger partial charge >= 0.3 is 0 Å². The number of rotatable bonds is 0. The van der Waals surface area contributed by atoms with Gasteiger partial charge in [-0.2, -0.15) is 0 Å². The van der Waals surface area contributed by atoms with E-state index in [-0.39, 0.29) is 5.31 Å². The molecule has 0 aromatic carbocycles. The Morgan fingerprint density at radius 3 is 1.20 bits per heavy atom. The summed E-state index contributed by atoms with van der Waals surface area (Å²) in [5.41, 5.74) is 0. The standard InChI is InChI=1S/C14H27B/c1-14(15)12-10-8-6-4-2-3-5-7-9-11-13-14/h2-13H2,1H3. The minimum atomic E-state index is 0.119. The van der Waals surface area contributed by atoms with Crippen LogP contribution in [-0.2, 0) is 0 Å². The molecule has 0 spiro atoms. The number of hydrogen-bond donors (Lipinski definition) is 0. The van der Waals surface area contributed by atoms with Gasteiger partial charge in [-0.15, -0.1) is 0 Å². The van der Waals surface area contributed by atoms with Gasteiger partial charge in [0.15, 0.2) is 0 Å². The summed E-state index contributed by atoms with van der Waals surface area (Å²) in [7, 11) is 6.30. The quantitative estimate of drug-likeness (QED) is 0.487. The van der Waals surface area contributed by atoms with E-state index in [1.165, 1.54) is 77.0 Å². The Morgan fingerprint density at radius 1 is 0.600 bits per heavy atom.